The highest BCUT2D eigenvalue weighted by atomic mass is 32.2. The fraction of sp³-hybridized carbons (Fsp3) is 0.200. The molecule has 20 heavy (non-hydrogen) atoms. The van der Waals surface area contributed by atoms with Crippen molar-refractivity contribution in [3.8, 4) is 0 Å². The Bertz CT molecular complexity index is 749. The molecule has 8 nitrogen and oxygen atoms in total. The summed E-state index contributed by atoms with van der Waals surface area (Å²) in [5.74, 6) is -1.51. The highest BCUT2D eigenvalue weighted by Crippen LogP contribution is 2.22. The Morgan fingerprint density at radius 2 is 1.90 bits per heavy atom. The van der Waals surface area contributed by atoms with E-state index in [1.807, 2.05) is 0 Å². The van der Waals surface area contributed by atoms with Gasteiger partial charge >= 0.3 is 5.97 Å². The SMILES string of the molecule is Cc1cc(C)nc(NS(=O)(=O)c2scnc2C(=O)O)n1. The molecule has 10 heteroatoms. The van der Waals surface area contributed by atoms with E-state index in [4.69, 9.17) is 5.11 Å². The van der Waals surface area contributed by atoms with Gasteiger partial charge in [-0.15, -0.1) is 11.3 Å². The molecule has 0 amide bonds. The van der Waals surface area contributed by atoms with Crippen molar-refractivity contribution in [1.29, 1.82) is 0 Å². The Kier molecular flexibility index (Phi) is 3.68. The van der Waals surface area contributed by atoms with Gasteiger partial charge in [0.05, 0.1) is 5.51 Å². The van der Waals surface area contributed by atoms with E-state index in [-0.39, 0.29) is 10.2 Å². The van der Waals surface area contributed by atoms with Crippen molar-refractivity contribution in [3.05, 3.63) is 28.7 Å². The molecule has 0 aliphatic carbocycles. The molecule has 0 aromatic carbocycles. The molecular formula is C10H10N4O4S2. The smallest absolute Gasteiger partial charge is 0.356 e. The third kappa shape index (κ3) is 2.91. The fourth-order valence-corrected chi connectivity index (χ4v) is 3.59. The van der Waals surface area contributed by atoms with Crippen LogP contribution in [0.25, 0.3) is 0 Å². The van der Waals surface area contributed by atoms with Crippen LogP contribution in [-0.2, 0) is 10.0 Å². The molecule has 2 heterocycles. The molecule has 2 rings (SSSR count). The number of carbonyl (C=O) groups is 1. The fourth-order valence-electron chi connectivity index (χ4n) is 1.51. The number of carboxylic acid groups (broad SMARTS) is 1. The molecule has 2 aromatic rings. The molecule has 0 aliphatic heterocycles. The molecule has 0 fully saturated rings. The summed E-state index contributed by atoms with van der Waals surface area (Å²) in [7, 11) is -4.08. The number of sulfonamides is 1. The van der Waals surface area contributed by atoms with Crippen LogP contribution in [0.5, 0.6) is 0 Å². The number of anilines is 1. The normalized spacial score (nSPS) is 11.3. The number of aromatic carboxylic acids is 1. The minimum Gasteiger partial charge on any atom is -0.476 e. The summed E-state index contributed by atoms with van der Waals surface area (Å²) in [6, 6.07) is 1.69. The third-order valence-electron chi connectivity index (χ3n) is 2.19. The molecule has 106 valence electrons. The topological polar surface area (TPSA) is 122 Å². The Morgan fingerprint density at radius 1 is 1.30 bits per heavy atom. The van der Waals surface area contributed by atoms with Crippen LogP contribution in [0.4, 0.5) is 5.95 Å². The molecule has 2 aromatic heterocycles. The van der Waals surface area contributed by atoms with E-state index in [2.05, 4.69) is 19.7 Å². The van der Waals surface area contributed by atoms with E-state index in [0.29, 0.717) is 22.7 Å². The van der Waals surface area contributed by atoms with Gasteiger partial charge in [0.25, 0.3) is 10.0 Å². The van der Waals surface area contributed by atoms with E-state index in [1.165, 1.54) is 0 Å². The average molecular weight is 314 g/mol. The van der Waals surface area contributed by atoms with E-state index < -0.39 is 21.7 Å². The first-order valence-electron chi connectivity index (χ1n) is 5.31. The number of hydrogen-bond acceptors (Lipinski definition) is 7. The second-order valence-corrected chi connectivity index (χ2v) is 6.61. The zero-order valence-electron chi connectivity index (χ0n) is 10.5. The van der Waals surface area contributed by atoms with Gasteiger partial charge < -0.3 is 5.11 Å². The Balaban J connectivity index is 2.41. The maximum Gasteiger partial charge on any atom is 0.356 e. The number of nitrogens with zero attached hydrogens (tertiary/aromatic N) is 3. The van der Waals surface area contributed by atoms with Crippen LogP contribution in [0.3, 0.4) is 0 Å². The van der Waals surface area contributed by atoms with Crippen LogP contribution in [0.15, 0.2) is 15.8 Å². The summed E-state index contributed by atoms with van der Waals surface area (Å²) >= 11 is 0.714. The first-order chi connectivity index (χ1) is 9.29. The lowest BCUT2D eigenvalue weighted by atomic mass is 10.4. The number of aryl methyl sites for hydroxylation is 2. The van der Waals surface area contributed by atoms with Gasteiger partial charge in [-0.1, -0.05) is 0 Å². The zero-order chi connectivity index (χ0) is 14.9. The maximum atomic E-state index is 12.1. The van der Waals surface area contributed by atoms with E-state index >= 15 is 0 Å². The largest absolute Gasteiger partial charge is 0.476 e. The van der Waals surface area contributed by atoms with Crippen molar-refractivity contribution in [2.45, 2.75) is 18.1 Å². The highest BCUT2D eigenvalue weighted by Gasteiger charge is 2.26. The van der Waals surface area contributed by atoms with E-state index in [0.717, 1.165) is 5.51 Å². The first-order valence-corrected chi connectivity index (χ1v) is 7.68. The van der Waals surface area contributed by atoms with Crippen molar-refractivity contribution < 1.29 is 18.3 Å². The molecular weight excluding hydrogens is 304 g/mol. The van der Waals surface area contributed by atoms with Gasteiger partial charge in [0.2, 0.25) is 5.95 Å². The highest BCUT2D eigenvalue weighted by molar-refractivity contribution is 7.94. The minimum atomic E-state index is -4.08. The molecule has 0 spiro atoms. The molecule has 0 saturated carbocycles. The van der Waals surface area contributed by atoms with Crippen LogP contribution in [0.2, 0.25) is 0 Å². The second kappa shape index (κ2) is 5.13. The van der Waals surface area contributed by atoms with E-state index in [1.54, 1.807) is 19.9 Å². The number of aromatic nitrogens is 3. The van der Waals surface area contributed by atoms with Gasteiger partial charge in [-0.3, -0.25) is 0 Å². The number of hydrogen-bond donors (Lipinski definition) is 2. The number of thiazole rings is 1. The summed E-state index contributed by atoms with van der Waals surface area (Å²) in [6.45, 7) is 3.39. The van der Waals surface area contributed by atoms with Gasteiger partial charge in [0, 0.05) is 11.4 Å². The van der Waals surface area contributed by atoms with Gasteiger partial charge in [-0.05, 0) is 19.9 Å². The first kappa shape index (κ1) is 14.3. The Morgan fingerprint density at radius 3 is 2.45 bits per heavy atom. The average Bonchev–Trinajstić information content (AvgIpc) is 2.75. The predicted molar refractivity (Wildman–Crippen MR) is 71.4 cm³/mol. The second-order valence-electron chi connectivity index (χ2n) is 3.87. The quantitative estimate of drug-likeness (QED) is 0.864. The minimum absolute atomic E-state index is 0.104. The third-order valence-corrected chi connectivity index (χ3v) is 4.89. The van der Waals surface area contributed by atoms with Crippen molar-refractivity contribution in [2.24, 2.45) is 0 Å². The molecule has 0 bridgehead atoms. The van der Waals surface area contributed by atoms with Crippen molar-refractivity contribution in [3.63, 3.8) is 0 Å². The van der Waals surface area contributed by atoms with E-state index in [9.17, 15) is 13.2 Å². The molecule has 0 unspecified atom stereocenters. The Labute approximate surface area is 118 Å². The monoisotopic (exact) mass is 314 g/mol. The molecule has 0 saturated heterocycles. The van der Waals surface area contributed by atoms with Crippen LogP contribution >= 0.6 is 11.3 Å². The summed E-state index contributed by atoms with van der Waals surface area (Å²) in [6.07, 6.45) is 0. The van der Waals surface area contributed by atoms with Crippen LogP contribution < -0.4 is 4.72 Å². The zero-order valence-corrected chi connectivity index (χ0v) is 12.1. The van der Waals surface area contributed by atoms with Gasteiger partial charge in [0.1, 0.15) is 0 Å². The Hall–Kier alpha value is -2.07. The van der Waals surface area contributed by atoms with Crippen LogP contribution in [-0.4, -0.2) is 34.4 Å². The van der Waals surface area contributed by atoms with Crippen molar-refractivity contribution in [1.82, 2.24) is 15.0 Å². The molecule has 0 atom stereocenters. The summed E-state index contributed by atoms with van der Waals surface area (Å²) in [4.78, 5) is 22.3. The van der Waals surface area contributed by atoms with Gasteiger partial charge in [0.15, 0.2) is 9.90 Å². The van der Waals surface area contributed by atoms with Crippen molar-refractivity contribution in [2.75, 3.05) is 4.72 Å². The maximum absolute atomic E-state index is 12.1. The summed E-state index contributed by atoms with van der Waals surface area (Å²) in [5.41, 5.74) is 1.82. The predicted octanol–water partition coefficient (Wildman–Crippen LogP) is 1.05. The lowest BCUT2D eigenvalue weighted by Crippen LogP contribution is -2.17. The number of rotatable bonds is 4. The van der Waals surface area contributed by atoms with Gasteiger partial charge in [-0.2, -0.15) is 0 Å². The summed E-state index contributed by atoms with van der Waals surface area (Å²) in [5, 5.41) is 8.89. The van der Waals surface area contributed by atoms with Crippen LogP contribution in [0.1, 0.15) is 21.9 Å². The number of nitrogens with one attached hydrogen (secondary N) is 1. The van der Waals surface area contributed by atoms with Gasteiger partial charge in [-0.25, -0.2) is 32.9 Å². The lowest BCUT2D eigenvalue weighted by Gasteiger charge is -2.06. The molecule has 0 aliphatic rings. The van der Waals surface area contributed by atoms with Crippen molar-refractivity contribution >= 4 is 33.3 Å². The molecule has 2 N–H and O–H groups in total. The standard InChI is InChI=1S/C10H10N4O4S2/c1-5-3-6(2)13-10(12-5)14-20(17,18)9-7(8(15)16)11-4-19-9/h3-4H,1-2H3,(H,15,16)(H,12,13,14). The van der Waals surface area contributed by atoms with Crippen LogP contribution in [0, 0.1) is 13.8 Å². The lowest BCUT2D eigenvalue weighted by molar-refractivity contribution is 0.0687. The number of carboxylic acids is 1. The molecule has 0 radical (unpaired) electrons. The summed E-state index contributed by atoms with van der Waals surface area (Å²) < 4.78 is 26.0.